The van der Waals surface area contributed by atoms with Crippen molar-refractivity contribution in [2.75, 3.05) is 0 Å². The second-order valence-electron chi connectivity index (χ2n) is 7.64. The highest BCUT2D eigenvalue weighted by Gasteiger charge is 2.48. The van der Waals surface area contributed by atoms with Crippen LogP contribution in [0.3, 0.4) is 0 Å². The zero-order valence-corrected chi connectivity index (χ0v) is 15.5. The molecule has 1 atom stereocenters. The Bertz CT molecular complexity index is 1410. The minimum atomic E-state index is -0.603. The van der Waals surface area contributed by atoms with Crippen LogP contribution in [0.4, 0.5) is 0 Å². The summed E-state index contributed by atoms with van der Waals surface area (Å²) in [4.78, 5) is 0. The Morgan fingerprint density at radius 3 is 2.31 bits per heavy atom. The molecule has 2 aromatic carbocycles. The summed E-state index contributed by atoms with van der Waals surface area (Å²) in [5.41, 5.74) is 9.90. The zero-order chi connectivity index (χ0) is 19.6. The third kappa shape index (κ3) is 1.88. The average molecular weight is 366 g/mol. The fraction of sp³-hybridized carbons (Fsp3) is 0.0370. The Balaban J connectivity index is 1.63. The van der Waals surface area contributed by atoms with Gasteiger partial charge >= 0.3 is 0 Å². The summed E-state index contributed by atoms with van der Waals surface area (Å²) in [6.07, 6.45) is 14.8. The van der Waals surface area contributed by atoms with E-state index in [4.69, 9.17) is 0 Å². The van der Waals surface area contributed by atoms with Crippen LogP contribution in [-0.2, 0) is 0 Å². The Hall–Kier alpha value is -4.14. The van der Waals surface area contributed by atoms with E-state index in [1.807, 2.05) is 30.4 Å². The molecule has 0 aliphatic heterocycles. The smallest absolute Gasteiger partial charge is 0.0991 e. The van der Waals surface area contributed by atoms with E-state index in [9.17, 15) is 10.5 Å². The van der Waals surface area contributed by atoms with Gasteiger partial charge < -0.3 is 0 Å². The number of allylic oxidation sites excluding steroid dienone is 10. The molecule has 0 heterocycles. The van der Waals surface area contributed by atoms with E-state index >= 15 is 0 Å². The van der Waals surface area contributed by atoms with E-state index in [0.717, 1.165) is 33.4 Å². The minimum Gasteiger partial charge on any atom is -0.193 e. The third-order valence-electron chi connectivity index (χ3n) is 6.32. The molecule has 0 saturated carbocycles. The van der Waals surface area contributed by atoms with Crippen molar-refractivity contribution in [1.29, 1.82) is 10.5 Å². The lowest BCUT2D eigenvalue weighted by Gasteiger charge is -2.39. The van der Waals surface area contributed by atoms with E-state index in [1.54, 1.807) is 0 Å². The lowest BCUT2D eigenvalue weighted by Crippen LogP contribution is -2.28. The second kappa shape index (κ2) is 5.44. The highest BCUT2D eigenvalue weighted by molar-refractivity contribution is 6.06. The molecule has 0 bridgehead atoms. The van der Waals surface area contributed by atoms with Gasteiger partial charge in [0.1, 0.15) is 0 Å². The van der Waals surface area contributed by atoms with Gasteiger partial charge in [-0.05, 0) is 74.9 Å². The van der Waals surface area contributed by atoms with Crippen LogP contribution in [-0.4, -0.2) is 0 Å². The van der Waals surface area contributed by atoms with Crippen molar-refractivity contribution in [3.05, 3.63) is 117 Å². The maximum atomic E-state index is 10.1. The van der Waals surface area contributed by atoms with Crippen LogP contribution in [0, 0.1) is 28.1 Å². The van der Waals surface area contributed by atoms with Gasteiger partial charge in [0.05, 0.1) is 23.1 Å². The molecule has 2 heteroatoms. The first-order valence-electron chi connectivity index (χ1n) is 9.57. The average Bonchev–Trinajstić information content (AvgIpc) is 3.33. The second-order valence-corrected chi connectivity index (χ2v) is 7.64. The summed E-state index contributed by atoms with van der Waals surface area (Å²) in [5.74, 6) is 0. The van der Waals surface area contributed by atoms with E-state index in [2.05, 4.69) is 66.8 Å². The SMILES string of the molecule is N#CC1=CC=C2C(=Cc3cc(C#N)ccc32)C12C=CC=C1C2=Cc2ccccc21. The normalized spacial score (nSPS) is 22.1. The Morgan fingerprint density at radius 1 is 0.724 bits per heavy atom. The van der Waals surface area contributed by atoms with Gasteiger partial charge in [0.25, 0.3) is 0 Å². The van der Waals surface area contributed by atoms with Crippen LogP contribution in [0.5, 0.6) is 0 Å². The summed E-state index contributed by atoms with van der Waals surface area (Å²) in [6.45, 7) is 0. The molecule has 1 spiro atoms. The summed E-state index contributed by atoms with van der Waals surface area (Å²) in [7, 11) is 0. The van der Waals surface area contributed by atoms with Gasteiger partial charge in [-0.15, -0.1) is 0 Å². The first-order valence-corrected chi connectivity index (χ1v) is 9.57. The monoisotopic (exact) mass is 366 g/mol. The van der Waals surface area contributed by atoms with Crippen LogP contribution in [0.15, 0.2) is 89.6 Å². The van der Waals surface area contributed by atoms with Gasteiger partial charge in [-0.25, -0.2) is 0 Å². The largest absolute Gasteiger partial charge is 0.193 e. The van der Waals surface area contributed by atoms with Crippen LogP contribution in [0.25, 0.3) is 23.3 Å². The molecule has 0 fully saturated rings. The van der Waals surface area contributed by atoms with Gasteiger partial charge in [0, 0.05) is 5.57 Å². The van der Waals surface area contributed by atoms with Crippen LogP contribution in [0.1, 0.15) is 27.8 Å². The number of nitriles is 2. The van der Waals surface area contributed by atoms with Gasteiger partial charge in [0.2, 0.25) is 0 Å². The number of benzene rings is 2. The summed E-state index contributed by atoms with van der Waals surface area (Å²) < 4.78 is 0. The predicted octanol–water partition coefficient (Wildman–Crippen LogP) is 5.84. The molecule has 4 aliphatic carbocycles. The number of hydrogen-bond acceptors (Lipinski definition) is 2. The molecule has 0 saturated heterocycles. The molecule has 2 nitrogen and oxygen atoms in total. The molecule has 29 heavy (non-hydrogen) atoms. The third-order valence-corrected chi connectivity index (χ3v) is 6.32. The fourth-order valence-electron chi connectivity index (χ4n) is 5.05. The Labute approximate surface area is 169 Å². The molecule has 6 rings (SSSR count). The zero-order valence-electron chi connectivity index (χ0n) is 15.5. The maximum Gasteiger partial charge on any atom is 0.0991 e. The van der Waals surface area contributed by atoms with Crippen molar-refractivity contribution in [1.82, 2.24) is 0 Å². The Morgan fingerprint density at radius 2 is 1.48 bits per heavy atom. The van der Waals surface area contributed by atoms with Crippen molar-refractivity contribution in [3.63, 3.8) is 0 Å². The molecular weight excluding hydrogens is 352 g/mol. The maximum absolute atomic E-state index is 10.1. The molecule has 0 aromatic heterocycles. The molecule has 132 valence electrons. The molecule has 2 aromatic rings. The van der Waals surface area contributed by atoms with Crippen molar-refractivity contribution < 1.29 is 0 Å². The molecular formula is C27H14N2. The number of hydrogen-bond donors (Lipinski definition) is 0. The van der Waals surface area contributed by atoms with Crippen molar-refractivity contribution in [2.45, 2.75) is 0 Å². The number of nitrogens with zero attached hydrogens (tertiary/aromatic N) is 2. The standard InChI is InChI=1S/C27H14N2/c28-15-17-7-9-22-19(12-17)14-26-24(22)10-8-20(16-29)27(26)11-3-6-23-21-5-2-1-4-18(21)13-25(23)27/h1-14H. The number of fused-ring (bicyclic) bond motifs is 8. The van der Waals surface area contributed by atoms with E-state index in [1.165, 1.54) is 16.7 Å². The van der Waals surface area contributed by atoms with Gasteiger partial charge in [-0.2, -0.15) is 10.5 Å². The van der Waals surface area contributed by atoms with Crippen LogP contribution in [0.2, 0.25) is 0 Å². The van der Waals surface area contributed by atoms with E-state index in [-0.39, 0.29) is 0 Å². The van der Waals surface area contributed by atoms with Crippen molar-refractivity contribution in [3.8, 4) is 12.1 Å². The van der Waals surface area contributed by atoms with Crippen LogP contribution < -0.4 is 0 Å². The summed E-state index contributed by atoms with van der Waals surface area (Å²) >= 11 is 0. The van der Waals surface area contributed by atoms with Gasteiger partial charge in [-0.3, -0.25) is 0 Å². The molecule has 0 radical (unpaired) electrons. The van der Waals surface area contributed by atoms with Crippen molar-refractivity contribution in [2.24, 2.45) is 5.41 Å². The first kappa shape index (κ1) is 15.9. The minimum absolute atomic E-state index is 0.603. The van der Waals surface area contributed by atoms with Gasteiger partial charge in [0.15, 0.2) is 0 Å². The molecule has 4 aliphatic rings. The van der Waals surface area contributed by atoms with Gasteiger partial charge in [-0.1, -0.05) is 54.6 Å². The number of rotatable bonds is 0. The predicted molar refractivity (Wildman–Crippen MR) is 115 cm³/mol. The fourth-order valence-corrected chi connectivity index (χ4v) is 5.05. The van der Waals surface area contributed by atoms with E-state index < -0.39 is 5.41 Å². The quantitative estimate of drug-likeness (QED) is 0.588. The Kier molecular flexibility index (Phi) is 2.98. The molecule has 0 N–H and O–H groups in total. The summed E-state index contributed by atoms with van der Waals surface area (Å²) in [5, 5.41) is 19.4. The van der Waals surface area contributed by atoms with Crippen molar-refractivity contribution >= 4 is 23.3 Å². The first-order chi connectivity index (χ1) is 14.3. The molecule has 0 amide bonds. The topological polar surface area (TPSA) is 47.6 Å². The lowest BCUT2D eigenvalue weighted by molar-refractivity contribution is 0.720. The van der Waals surface area contributed by atoms with E-state index in [0.29, 0.717) is 5.56 Å². The molecule has 1 unspecified atom stereocenters. The lowest BCUT2D eigenvalue weighted by atomic mass is 9.61. The highest BCUT2D eigenvalue weighted by atomic mass is 14.5. The summed E-state index contributed by atoms with van der Waals surface area (Å²) in [6, 6.07) is 18.9. The van der Waals surface area contributed by atoms with Crippen LogP contribution >= 0.6 is 0 Å². The highest BCUT2D eigenvalue weighted by Crippen LogP contribution is 2.61.